The van der Waals surface area contributed by atoms with Gasteiger partial charge in [0.1, 0.15) is 5.65 Å². The van der Waals surface area contributed by atoms with Gasteiger partial charge in [0.2, 0.25) is 6.43 Å². The minimum Gasteiger partial charge on any atom is -0.346 e. The molecule has 0 amide bonds. The van der Waals surface area contributed by atoms with Crippen LogP contribution in [-0.4, -0.2) is 22.9 Å². The average molecular weight is 211 g/mol. The zero-order chi connectivity index (χ0) is 10.8. The number of H-pyrrole nitrogens is 1. The Morgan fingerprint density at radius 2 is 2.27 bits per heavy atom. The zero-order valence-electron chi connectivity index (χ0n) is 7.95. The number of pyridine rings is 1. The third-order valence-corrected chi connectivity index (χ3v) is 2.44. The van der Waals surface area contributed by atoms with Crippen molar-refractivity contribution in [2.75, 3.05) is 6.54 Å². The molecule has 3 N–H and O–H groups in total. The molecule has 3 nitrogen and oxygen atoms in total. The first-order chi connectivity index (χ1) is 7.24. The highest BCUT2D eigenvalue weighted by Gasteiger charge is 2.23. The molecular formula is C10H11F2N3. The van der Waals surface area contributed by atoms with E-state index >= 15 is 0 Å². The molecule has 0 aliphatic rings. The summed E-state index contributed by atoms with van der Waals surface area (Å²) in [5, 5.41) is 0.716. The van der Waals surface area contributed by atoms with E-state index in [0.29, 0.717) is 16.6 Å². The first kappa shape index (κ1) is 10.0. The van der Waals surface area contributed by atoms with Crippen molar-refractivity contribution in [1.29, 1.82) is 0 Å². The summed E-state index contributed by atoms with van der Waals surface area (Å²) < 4.78 is 25.4. The van der Waals surface area contributed by atoms with Gasteiger partial charge in [0.25, 0.3) is 0 Å². The summed E-state index contributed by atoms with van der Waals surface area (Å²) in [4.78, 5) is 6.89. The number of nitrogens with one attached hydrogen (secondary N) is 1. The second-order valence-corrected chi connectivity index (χ2v) is 3.32. The first-order valence-corrected chi connectivity index (χ1v) is 4.64. The largest absolute Gasteiger partial charge is 0.346 e. The summed E-state index contributed by atoms with van der Waals surface area (Å²) in [6.07, 6.45) is 0.721. The highest BCUT2D eigenvalue weighted by molar-refractivity contribution is 5.80. The average Bonchev–Trinajstić information content (AvgIpc) is 2.63. The Balaban J connectivity index is 2.51. The predicted molar refractivity (Wildman–Crippen MR) is 53.9 cm³/mol. The highest BCUT2D eigenvalue weighted by Crippen LogP contribution is 2.28. The van der Waals surface area contributed by atoms with Crippen molar-refractivity contribution >= 4 is 11.0 Å². The van der Waals surface area contributed by atoms with Gasteiger partial charge in [-0.25, -0.2) is 13.8 Å². The van der Waals surface area contributed by atoms with Crippen LogP contribution in [0.2, 0.25) is 0 Å². The molecule has 2 aromatic rings. The standard InChI is InChI=1S/C10H11F2N3/c11-9(12)7(4-13)8-5-15-10-6(8)2-1-3-14-10/h1-3,5,7,9H,4,13H2,(H,14,15). The van der Waals surface area contributed by atoms with Crippen molar-refractivity contribution in [2.24, 2.45) is 5.73 Å². The molecule has 0 bridgehead atoms. The molecule has 0 aliphatic heterocycles. The maximum absolute atomic E-state index is 12.7. The van der Waals surface area contributed by atoms with Crippen molar-refractivity contribution in [2.45, 2.75) is 12.3 Å². The predicted octanol–water partition coefficient (Wildman–Crippen LogP) is 1.87. The first-order valence-electron chi connectivity index (χ1n) is 4.64. The van der Waals surface area contributed by atoms with Crippen LogP contribution in [-0.2, 0) is 0 Å². The Kier molecular flexibility index (Phi) is 2.64. The fraction of sp³-hybridized carbons (Fsp3) is 0.300. The minimum absolute atomic E-state index is 0.0699. The van der Waals surface area contributed by atoms with Crippen molar-refractivity contribution in [3.05, 3.63) is 30.1 Å². The van der Waals surface area contributed by atoms with Crippen LogP contribution in [0.3, 0.4) is 0 Å². The molecule has 0 spiro atoms. The Bertz CT molecular complexity index is 453. The molecular weight excluding hydrogens is 200 g/mol. The lowest BCUT2D eigenvalue weighted by atomic mass is 10.0. The second-order valence-electron chi connectivity index (χ2n) is 3.32. The van der Waals surface area contributed by atoms with E-state index in [4.69, 9.17) is 5.73 Å². The maximum atomic E-state index is 12.7. The summed E-state index contributed by atoms with van der Waals surface area (Å²) in [5.41, 5.74) is 6.50. The van der Waals surface area contributed by atoms with Crippen LogP contribution in [0.5, 0.6) is 0 Å². The molecule has 1 unspecified atom stereocenters. The second kappa shape index (κ2) is 3.94. The van der Waals surface area contributed by atoms with Gasteiger partial charge in [-0.3, -0.25) is 0 Å². The number of hydrogen-bond donors (Lipinski definition) is 2. The van der Waals surface area contributed by atoms with E-state index in [9.17, 15) is 8.78 Å². The van der Waals surface area contributed by atoms with Gasteiger partial charge in [0.15, 0.2) is 0 Å². The van der Waals surface area contributed by atoms with E-state index in [1.807, 2.05) is 0 Å². The van der Waals surface area contributed by atoms with Crippen molar-refractivity contribution in [3.63, 3.8) is 0 Å². The fourth-order valence-electron chi connectivity index (χ4n) is 1.65. The van der Waals surface area contributed by atoms with Gasteiger partial charge < -0.3 is 10.7 Å². The molecule has 1 atom stereocenters. The van der Waals surface area contributed by atoms with Gasteiger partial charge in [0, 0.05) is 24.3 Å². The van der Waals surface area contributed by atoms with E-state index in [1.165, 1.54) is 0 Å². The van der Waals surface area contributed by atoms with Crippen LogP contribution in [0.25, 0.3) is 11.0 Å². The molecule has 5 heteroatoms. The van der Waals surface area contributed by atoms with Gasteiger partial charge in [-0.1, -0.05) is 0 Å². The normalized spacial score (nSPS) is 13.6. The van der Waals surface area contributed by atoms with E-state index in [1.54, 1.807) is 24.5 Å². The lowest BCUT2D eigenvalue weighted by Crippen LogP contribution is -2.19. The number of halogens is 2. The van der Waals surface area contributed by atoms with E-state index < -0.39 is 12.3 Å². The summed E-state index contributed by atoms with van der Waals surface area (Å²) in [5.74, 6) is -0.928. The Morgan fingerprint density at radius 3 is 2.93 bits per heavy atom. The Hall–Kier alpha value is -1.49. The van der Waals surface area contributed by atoms with Gasteiger partial charge in [-0.2, -0.15) is 0 Å². The van der Waals surface area contributed by atoms with Crippen molar-refractivity contribution in [1.82, 2.24) is 9.97 Å². The van der Waals surface area contributed by atoms with Crippen LogP contribution in [0.1, 0.15) is 11.5 Å². The molecule has 80 valence electrons. The number of aromatic amines is 1. The van der Waals surface area contributed by atoms with E-state index in [-0.39, 0.29) is 6.54 Å². The molecule has 0 saturated heterocycles. The lowest BCUT2D eigenvalue weighted by molar-refractivity contribution is 0.117. The van der Waals surface area contributed by atoms with Crippen LogP contribution in [0.4, 0.5) is 8.78 Å². The number of alkyl halides is 2. The van der Waals surface area contributed by atoms with Gasteiger partial charge >= 0.3 is 0 Å². The van der Waals surface area contributed by atoms with Crippen LogP contribution in [0, 0.1) is 0 Å². The molecule has 0 fully saturated rings. The quantitative estimate of drug-likeness (QED) is 0.814. The Labute approximate surface area is 85.3 Å². The minimum atomic E-state index is -2.45. The number of hydrogen-bond acceptors (Lipinski definition) is 2. The SMILES string of the molecule is NCC(c1c[nH]c2ncccc12)C(F)F. The Morgan fingerprint density at radius 1 is 1.47 bits per heavy atom. The smallest absolute Gasteiger partial charge is 0.246 e. The number of fused-ring (bicyclic) bond motifs is 1. The van der Waals surface area contributed by atoms with Crippen molar-refractivity contribution in [3.8, 4) is 0 Å². The van der Waals surface area contributed by atoms with Crippen LogP contribution < -0.4 is 5.73 Å². The summed E-state index contributed by atoms with van der Waals surface area (Å²) >= 11 is 0. The number of aromatic nitrogens is 2. The van der Waals surface area contributed by atoms with E-state index in [2.05, 4.69) is 9.97 Å². The molecule has 0 aliphatic carbocycles. The number of nitrogens with zero attached hydrogens (tertiary/aromatic N) is 1. The third kappa shape index (κ3) is 1.70. The monoisotopic (exact) mass is 211 g/mol. The molecule has 2 rings (SSSR count). The lowest BCUT2D eigenvalue weighted by Gasteiger charge is -2.12. The number of rotatable bonds is 3. The maximum Gasteiger partial charge on any atom is 0.246 e. The molecule has 2 heterocycles. The summed E-state index contributed by atoms with van der Waals surface area (Å²) in [7, 11) is 0. The summed E-state index contributed by atoms with van der Waals surface area (Å²) in [6, 6.07) is 3.48. The summed E-state index contributed by atoms with van der Waals surface area (Å²) in [6.45, 7) is -0.0699. The van der Waals surface area contributed by atoms with Gasteiger partial charge in [-0.05, 0) is 17.7 Å². The molecule has 0 radical (unpaired) electrons. The van der Waals surface area contributed by atoms with Crippen LogP contribution >= 0.6 is 0 Å². The van der Waals surface area contributed by atoms with E-state index in [0.717, 1.165) is 0 Å². The molecule has 0 aromatic carbocycles. The van der Waals surface area contributed by atoms with Crippen LogP contribution in [0.15, 0.2) is 24.5 Å². The topological polar surface area (TPSA) is 54.7 Å². The van der Waals surface area contributed by atoms with Gasteiger partial charge in [0.05, 0.1) is 5.92 Å². The molecule has 15 heavy (non-hydrogen) atoms. The zero-order valence-corrected chi connectivity index (χ0v) is 7.95. The fourth-order valence-corrected chi connectivity index (χ4v) is 1.65. The van der Waals surface area contributed by atoms with Crippen molar-refractivity contribution < 1.29 is 8.78 Å². The van der Waals surface area contributed by atoms with Gasteiger partial charge in [-0.15, -0.1) is 0 Å². The molecule has 2 aromatic heterocycles. The highest BCUT2D eigenvalue weighted by atomic mass is 19.3. The third-order valence-electron chi connectivity index (χ3n) is 2.44. The molecule has 0 saturated carbocycles. The number of nitrogens with two attached hydrogens (primary N) is 1.